The third-order valence-electron chi connectivity index (χ3n) is 9.19. The van der Waals surface area contributed by atoms with Crippen molar-refractivity contribution >= 4 is 54.1 Å². The highest BCUT2D eigenvalue weighted by Gasteiger charge is 2.26. The average Bonchev–Trinajstić information content (AvgIpc) is 3.68. The van der Waals surface area contributed by atoms with Crippen LogP contribution in [0.3, 0.4) is 0 Å². The Bertz CT molecular complexity index is 3510. The van der Waals surface area contributed by atoms with Crippen LogP contribution >= 0.6 is 0 Å². The van der Waals surface area contributed by atoms with Crippen molar-refractivity contribution in [2.24, 2.45) is 0 Å². The Balaban J connectivity index is 1.53. The Morgan fingerprint density at radius 1 is 0.367 bits per heavy atom. The molecule has 1 aromatic heterocycles. The van der Waals surface area contributed by atoms with Crippen molar-refractivity contribution in [3.8, 4) is 44.7 Å². The Hall–Kier alpha value is -6.44. The zero-order valence-electron chi connectivity index (χ0n) is 38.7. The van der Waals surface area contributed by atoms with Gasteiger partial charge < -0.3 is 4.42 Å². The largest absolute Gasteiger partial charge is 0.455 e. The number of furan rings is 1. The van der Waals surface area contributed by atoms with Crippen LogP contribution < -0.4 is 0 Å². The fourth-order valence-corrected chi connectivity index (χ4v) is 7.16. The maximum Gasteiger partial charge on any atom is 0.143 e. The first kappa shape index (κ1) is 17.6. The van der Waals surface area contributed by atoms with Gasteiger partial charge >= 0.3 is 0 Å². The third kappa shape index (κ3) is 4.26. The van der Waals surface area contributed by atoms with Gasteiger partial charge in [0.1, 0.15) is 11.3 Å². The summed E-state index contributed by atoms with van der Waals surface area (Å²) in [4.78, 5) is 0. The monoisotopic (exact) mass is 635 g/mol. The zero-order chi connectivity index (χ0) is 43.6. The number of benzene rings is 9. The van der Waals surface area contributed by atoms with Gasteiger partial charge in [0.15, 0.2) is 0 Å². The van der Waals surface area contributed by atoms with E-state index in [1.54, 1.807) is 48.5 Å². The van der Waals surface area contributed by atoms with E-state index in [2.05, 4.69) is 0 Å². The highest BCUT2D eigenvalue weighted by atomic mass is 16.3. The van der Waals surface area contributed by atoms with Crippen LogP contribution in [0.4, 0.5) is 0 Å². The molecule has 0 atom stereocenters. The van der Waals surface area contributed by atoms with Crippen LogP contribution in [0.5, 0.6) is 0 Å². The highest BCUT2D eigenvalue weighted by Crippen LogP contribution is 2.52. The van der Waals surface area contributed by atoms with Crippen molar-refractivity contribution in [1.82, 2.24) is 0 Å². The lowest BCUT2D eigenvalue weighted by atomic mass is 9.84. The molecule has 0 fully saturated rings. The second-order valence-electron chi connectivity index (χ2n) is 11.8. The molecule has 0 bridgehead atoms. The van der Waals surface area contributed by atoms with E-state index in [1.165, 1.54) is 0 Å². The molecule has 1 heterocycles. The molecule has 1 heteroatoms. The minimum Gasteiger partial charge on any atom is -0.455 e. The molecule has 0 saturated heterocycles. The van der Waals surface area contributed by atoms with E-state index in [0.717, 1.165) is 21.5 Å². The molecule has 0 aliphatic heterocycles. The van der Waals surface area contributed by atoms with Crippen LogP contribution in [0.15, 0.2) is 186 Å². The maximum atomic E-state index is 9.62. The summed E-state index contributed by atoms with van der Waals surface area (Å²) in [5.74, 6) is 0.164. The van der Waals surface area contributed by atoms with E-state index in [-0.39, 0.29) is 60.7 Å². The van der Waals surface area contributed by atoms with Gasteiger partial charge in [0.05, 0.1) is 17.8 Å². The number of rotatable bonds is 4. The second kappa shape index (κ2) is 11.1. The Morgan fingerprint density at radius 2 is 0.939 bits per heavy atom. The molecule has 0 aliphatic carbocycles. The molecule has 0 spiro atoms. The molecular weight excluding hydrogens is 593 g/mol. The van der Waals surface area contributed by atoms with Crippen molar-refractivity contribution in [1.29, 1.82) is 0 Å². The van der Waals surface area contributed by atoms with Crippen LogP contribution in [0.25, 0.3) is 98.8 Å². The van der Waals surface area contributed by atoms with Crippen molar-refractivity contribution in [2.45, 2.75) is 0 Å². The van der Waals surface area contributed by atoms with E-state index in [4.69, 9.17) is 16.8 Å². The van der Waals surface area contributed by atoms with Gasteiger partial charge in [-0.15, -0.1) is 0 Å². The summed E-state index contributed by atoms with van der Waals surface area (Å²) < 4.78 is 124. The average molecular weight is 636 g/mol. The molecule has 0 unspecified atom stereocenters. The summed E-state index contributed by atoms with van der Waals surface area (Å²) in [6.07, 6.45) is 0. The quantitative estimate of drug-likeness (QED) is 0.139. The van der Waals surface area contributed by atoms with Gasteiger partial charge in [-0.2, -0.15) is 0 Å². The number of para-hydroxylation sites is 1. The van der Waals surface area contributed by atoms with Crippen LogP contribution in [0.2, 0.25) is 0 Å². The molecule has 0 amide bonds. The van der Waals surface area contributed by atoms with E-state index in [1.807, 2.05) is 54.6 Å². The van der Waals surface area contributed by atoms with Crippen LogP contribution in [0, 0.1) is 0 Å². The molecule has 0 saturated carbocycles. The molecule has 228 valence electrons. The Kier molecular flexibility index (Phi) is 3.99. The first-order valence-electron chi connectivity index (χ1n) is 22.3. The summed E-state index contributed by atoms with van der Waals surface area (Å²) in [5.41, 5.74) is 1.58. The van der Waals surface area contributed by atoms with Crippen molar-refractivity contribution < 1.29 is 22.2 Å². The molecule has 0 N–H and O–H groups in total. The lowest BCUT2D eigenvalue weighted by Gasteiger charge is -2.18. The first-order valence-corrected chi connectivity index (χ1v) is 15.8. The third-order valence-corrected chi connectivity index (χ3v) is 9.19. The lowest BCUT2D eigenvalue weighted by molar-refractivity contribution is 0.634. The zero-order valence-corrected chi connectivity index (χ0v) is 25.7. The summed E-state index contributed by atoms with van der Waals surface area (Å²) in [6, 6.07) is 24.4. The highest BCUT2D eigenvalue weighted by molar-refractivity contribution is 6.26. The van der Waals surface area contributed by atoms with Gasteiger partial charge in [-0.05, 0) is 54.4 Å². The van der Waals surface area contributed by atoms with E-state index in [9.17, 15) is 5.48 Å². The Labute approximate surface area is 302 Å². The minimum absolute atomic E-state index is 0.0189. The van der Waals surface area contributed by atoms with Gasteiger partial charge in [0.25, 0.3) is 0 Å². The summed E-state index contributed by atoms with van der Waals surface area (Å²) in [7, 11) is 0. The van der Waals surface area contributed by atoms with Crippen LogP contribution in [-0.4, -0.2) is 0 Å². The van der Waals surface area contributed by atoms with Gasteiger partial charge in [-0.25, -0.2) is 0 Å². The number of fused-ring (bicyclic) bond motifs is 6. The standard InChI is InChI=1S/C48H30O/c1-3-15-31(16-4-1)36-26-14-28-42-46(48(49-47(36)42)41-27-13-20-34-30-29-32-17-7-8-21-35(32)43(34)41)45-39-24-11-9-22-37(39)44(33-18-5-2-6-19-33)38-23-10-12-25-40(38)45/h1-30H/i1D,3D,4D,9D,10D,11D,12D,15D,16D,22D,23D,24D,25D. The van der Waals surface area contributed by atoms with Gasteiger partial charge in [-0.3, -0.25) is 0 Å². The topological polar surface area (TPSA) is 13.1 Å². The van der Waals surface area contributed by atoms with Crippen molar-refractivity contribution in [3.63, 3.8) is 0 Å². The molecule has 0 radical (unpaired) electrons. The van der Waals surface area contributed by atoms with E-state index >= 15 is 0 Å². The maximum absolute atomic E-state index is 9.62. The molecule has 9 aromatic carbocycles. The predicted molar refractivity (Wildman–Crippen MR) is 208 cm³/mol. The second-order valence-corrected chi connectivity index (χ2v) is 11.8. The van der Waals surface area contributed by atoms with Crippen molar-refractivity contribution in [2.75, 3.05) is 0 Å². The summed E-state index contributed by atoms with van der Waals surface area (Å²) in [5, 5.41) is 3.68. The predicted octanol–water partition coefficient (Wildman–Crippen LogP) is 13.7. The van der Waals surface area contributed by atoms with Gasteiger partial charge in [-0.1, -0.05) is 182 Å². The van der Waals surface area contributed by atoms with Gasteiger partial charge in [0.2, 0.25) is 0 Å². The lowest BCUT2D eigenvalue weighted by Crippen LogP contribution is -1.92. The molecule has 1 nitrogen and oxygen atoms in total. The van der Waals surface area contributed by atoms with E-state index in [0.29, 0.717) is 16.5 Å². The number of hydrogen-bond donors (Lipinski definition) is 0. The summed E-state index contributed by atoms with van der Waals surface area (Å²) in [6.45, 7) is 0. The molecule has 10 rings (SSSR count). The fraction of sp³-hybridized carbons (Fsp3) is 0. The smallest absolute Gasteiger partial charge is 0.143 e. The number of hydrogen-bond acceptors (Lipinski definition) is 1. The van der Waals surface area contributed by atoms with E-state index < -0.39 is 78.6 Å². The molecule has 10 aromatic rings. The minimum atomic E-state index is -0.570. The van der Waals surface area contributed by atoms with Crippen LogP contribution in [0.1, 0.15) is 17.8 Å². The molecular formula is C48H30O. The fourth-order valence-electron chi connectivity index (χ4n) is 7.16. The molecule has 0 aliphatic rings. The molecule has 49 heavy (non-hydrogen) atoms. The van der Waals surface area contributed by atoms with Gasteiger partial charge in [0, 0.05) is 33.0 Å². The van der Waals surface area contributed by atoms with Crippen LogP contribution in [-0.2, 0) is 0 Å². The first-order chi connectivity index (χ1) is 29.7. The normalized spacial score (nSPS) is 15.4. The van der Waals surface area contributed by atoms with Crippen molar-refractivity contribution in [3.05, 3.63) is 182 Å². The summed E-state index contributed by atoms with van der Waals surface area (Å²) >= 11 is 0. The Morgan fingerprint density at radius 3 is 1.69 bits per heavy atom. The SMILES string of the molecule is [2H]c1c([2H])c([2H])c(-c2cccc3c(-c4c5c([2H])c([2H])c([2H])c([2H])c5c(-c5ccccc5)c5c([2H])c([2H])c([2H])c([2H])c45)c(-c4cccc5ccc6ccccc6c45)oc23)c([2H])c1[2H].